The average molecular weight is 337 g/mol. The molecule has 1 amide bonds. The van der Waals surface area contributed by atoms with E-state index in [4.69, 9.17) is 9.47 Å². The fourth-order valence-electron chi connectivity index (χ4n) is 2.02. The molecule has 0 radical (unpaired) electrons. The zero-order valence-electron chi connectivity index (χ0n) is 12.6. The number of rotatable bonds is 4. The van der Waals surface area contributed by atoms with Crippen LogP contribution in [-0.2, 0) is 11.8 Å². The second kappa shape index (κ2) is 6.37. The van der Waals surface area contributed by atoms with E-state index in [1.807, 2.05) is 0 Å². The quantitative estimate of drug-likeness (QED) is 0.639. The Kier molecular flexibility index (Phi) is 4.28. The van der Waals surface area contributed by atoms with Gasteiger partial charge in [-0.05, 0) is 30.8 Å². The highest BCUT2D eigenvalue weighted by molar-refractivity contribution is 8.00. The Bertz CT molecular complexity index is 714. The van der Waals surface area contributed by atoms with Gasteiger partial charge < -0.3 is 24.4 Å². The number of nitrogens with one attached hydrogen (secondary N) is 1. The van der Waals surface area contributed by atoms with Crippen LogP contribution in [0.25, 0.3) is 0 Å². The molecule has 8 nitrogen and oxygen atoms in total. The van der Waals surface area contributed by atoms with Crippen LogP contribution in [0.4, 0.5) is 5.69 Å². The molecule has 1 aromatic heterocycles. The summed E-state index contributed by atoms with van der Waals surface area (Å²) < 4.78 is 16.7. The van der Waals surface area contributed by atoms with Crippen molar-refractivity contribution < 1.29 is 28.6 Å². The summed E-state index contributed by atoms with van der Waals surface area (Å²) >= 11 is 1.09. The zero-order valence-corrected chi connectivity index (χ0v) is 13.4. The number of benzene rings is 1. The van der Waals surface area contributed by atoms with E-state index in [0.29, 0.717) is 30.4 Å². The molecule has 1 aromatic carbocycles. The van der Waals surface area contributed by atoms with E-state index >= 15 is 0 Å². The lowest BCUT2D eigenvalue weighted by Gasteiger charge is -2.19. The van der Waals surface area contributed by atoms with E-state index in [-0.39, 0.29) is 10.9 Å². The molecule has 9 heteroatoms. The first-order valence-corrected chi connectivity index (χ1v) is 7.82. The first-order valence-electron chi connectivity index (χ1n) is 6.95. The third-order valence-corrected chi connectivity index (χ3v) is 4.40. The second-order valence-corrected chi connectivity index (χ2v) is 6.23. The molecule has 122 valence electrons. The molecule has 0 fully saturated rings. The van der Waals surface area contributed by atoms with Crippen molar-refractivity contribution in [2.45, 2.75) is 17.2 Å². The van der Waals surface area contributed by atoms with Gasteiger partial charge >= 0.3 is 0 Å². The van der Waals surface area contributed by atoms with Crippen LogP contribution in [0.3, 0.4) is 0 Å². The number of carbonyl (C=O) groups excluding carboxylic acids is 1. The number of carbonyl (C=O) groups is 1. The fraction of sp³-hybridized carbons (Fsp3) is 0.357. The average Bonchev–Trinajstić information content (AvgIpc) is 2.86. The van der Waals surface area contributed by atoms with E-state index in [2.05, 4.69) is 15.1 Å². The number of fused-ring (bicyclic) bond motifs is 1. The number of hydrogen-bond acceptors (Lipinski definition) is 7. The Morgan fingerprint density at radius 2 is 2.13 bits per heavy atom. The Hall–Kier alpha value is -2.42. The number of nitrogens with zero attached hydrogens (tertiary/aromatic N) is 2. The Morgan fingerprint density at radius 3 is 2.83 bits per heavy atom. The van der Waals surface area contributed by atoms with Gasteiger partial charge in [0.05, 0.1) is 10.5 Å². The SMILES string of the molecule is CC(Sc1c([O-])on[n+]1C)C(=O)Nc1ccc2c(c1)OCCO2. The maximum Gasteiger partial charge on any atom is 0.291 e. The fourth-order valence-corrected chi connectivity index (χ4v) is 2.84. The highest BCUT2D eigenvalue weighted by Crippen LogP contribution is 2.33. The van der Waals surface area contributed by atoms with Crippen LogP contribution in [0.2, 0.25) is 0 Å². The molecule has 2 heterocycles. The molecule has 1 aliphatic rings. The van der Waals surface area contributed by atoms with Crippen molar-refractivity contribution >= 4 is 23.4 Å². The molecule has 0 bridgehead atoms. The van der Waals surface area contributed by atoms with Crippen molar-refractivity contribution in [2.75, 3.05) is 18.5 Å². The first kappa shape index (κ1) is 15.5. The highest BCUT2D eigenvalue weighted by Gasteiger charge is 2.23. The van der Waals surface area contributed by atoms with Crippen molar-refractivity contribution in [3.8, 4) is 17.4 Å². The summed E-state index contributed by atoms with van der Waals surface area (Å²) in [6, 6.07) is 5.20. The van der Waals surface area contributed by atoms with Crippen LogP contribution in [0.15, 0.2) is 27.7 Å². The summed E-state index contributed by atoms with van der Waals surface area (Å²) in [6.45, 7) is 2.69. The summed E-state index contributed by atoms with van der Waals surface area (Å²) in [6.07, 6.45) is 0. The number of anilines is 1. The third-order valence-electron chi connectivity index (χ3n) is 3.18. The van der Waals surface area contributed by atoms with Gasteiger partial charge in [-0.1, -0.05) is 4.68 Å². The Morgan fingerprint density at radius 1 is 1.39 bits per heavy atom. The largest absolute Gasteiger partial charge is 0.538 e. The number of ether oxygens (including phenoxy) is 2. The normalized spacial score (nSPS) is 14.3. The molecule has 1 unspecified atom stereocenters. The maximum atomic E-state index is 12.3. The predicted molar refractivity (Wildman–Crippen MR) is 78.5 cm³/mol. The first-order chi connectivity index (χ1) is 11.0. The van der Waals surface area contributed by atoms with Gasteiger partial charge in [-0.15, -0.1) is 0 Å². The van der Waals surface area contributed by atoms with Gasteiger partial charge in [0.1, 0.15) is 13.2 Å². The van der Waals surface area contributed by atoms with Gasteiger partial charge in [0.15, 0.2) is 24.5 Å². The number of hydrogen-bond donors (Lipinski definition) is 1. The molecule has 0 spiro atoms. The molecule has 23 heavy (non-hydrogen) atoms. The molecule has 1 aliphatic heterocycles. The molecule has 2 aromatic rings. The maximum absolute atomic E-state index is 12.3. The molecule has 1 N–H and O–H groups in total. The van der Waals surface area contributed by atoms with Crippen LogP contribution in [-0.4, -0.2) is 29.6 Å². The minimum atomic E-state index is -0.559. The van der Waals surface area contributed by atoms with Gasteiger partial charge in [0.2, 0.25) is 5.91 Å². The van der Waals surface area contributed by atoms with Crippen molar-refractivity contribution in [2.24, 2.45) is 7.05 Å². The minimum Gasteiger partial charge on any atom is -0.538 e. The standard InChI is InChI=1S/C14H15N3O5S/c1-8(23-13-14(19)22-16-17(13)2)12(18)15-9-3-4-10-11(7-9)21-6-5-20-10/h3-4,7-8H,5-6H2,1-2H3,(H-,15,16,18,19). The highest BCUT2D eigenvalue weighted by atomic mass is 32.2. The number of thioether (sulfide) groups is 1. The summed E-state index contributed by atoms with van der Waals surface area (Å²) in [7, 11) is 1.58. The number of amides is 1. The van der Waals surface area contributed by atoms with Crippen LogP contribution < -0.4 is 24.6 Å². The smallest absolute Gasteiger partial charge is 0.291 e. The van der Waals surface area contributed by atoms with Gasteiger partial charge in [0, 0.05) is 11.8 Å². The molecule has 0 saturated carbocycles. The van der Waals surface area contributed by atoms with Crippen molar-refractivity contribution in [3.05, 3.63) is 18.2 Å². The van der Waals surface area contributed by atoms with Crippen LogP contribution >= 0.6 is 11.8 Å². The zero-order chi connectivity index (χ0) is 16.4. The Balaban J connectivity index is 1.66. The van der Waals surface area contributed by atoms with Gasteiger partial charge in [-0.3, -0.25) is 4.79 Å². The van der Waals surface area contributed by atoms with E-state index < -0.39 is 11.2 Å². The van der Waals surface area contributed by atoms with Crippen molar-refractivity contribution in [3.63, 3.8) is 0 Å². The summed E-state index contributed by atoms with van der Waals surface area (Å²) in [4.78, 5) is 12.3. The van der Waals surface area contributed by atoms with Crippen LogP contribution in [0.5, 0.6) is 17.4 Å². The van der Waals surface area contributed by atoms with E-state index in [1.54, 1.807) is 32.2 Å². The van der Waals surface area contributed by atoms with Crippen molar-refractivity contribution in [1.82, 2.24) is 5.27 Å². The van der Waals surface area contributed by atoms with Crippen LogP contribution in [0.1, 0.15) is 6.92 Å². The van der Waals surface area contributed by atoms with E-state index in [9.17, 15) is 9.90 Å². The van der Waals surface area contributed by atoms with E-state index in [1.165, 1.54) is 4.68 Å². The molecule has 0 saturated heterocycles. The molecular formula is C14H15N3O5S. The van der Waals surface area contributed by atoms with Gasteiger partial charge in [-0.25, -0.2) is 0 Å². The van der Waals surface area contributed by atoms with Crippen molar-refractivity contribution in [1.29, 1.82) is 0 Å². The summed E-state index contributed by atoms with van der Waals surface area (Å²) in [5.74, 6) is 0.453. The van der Waals surface area contributed by atoms with Gasteiger partial charge in [0.25, 0.3) is 5.03 Å². The van der Waals surface area contributed by atoms with Gasteiger partial charge in [-0.2, -0.15) is 0 Å². The molecule has 1 atom stereocenters. The molecule has 0 aliphatic carbocycles. The minimum absolute atomic E-state index is 0.243. The van der Waals surface area contributed by atoms with E-state index in [0.717, 1.165) is 11.8 Å². The number of aryl methyl sites for hydroxylation is 1. The monoisotopic (exact) mass is 337 g/mol. The predicted octanol–water partition coefficient (Wildman–Crippen LogP) is 0.463. The topological polar surface area (TPSA) is 101 Å². The summed E-state index contributed by atoms with van der Waals surface area (Å²) in [5.41, 5.74) is 0.601. The Labute approximate surface area is 136 Å². The lowest BCUT2D eigenvalue weighted by molar-refractivity contribution is -0.772. The number of aromatic nitrogens is 2. The molecule has 3 rings (SSSR count). The third kappa shape index (κ3) is 3.34. The summed E-state index contributed by atoms with van der Waals surface area (Å²) in [5, 5.41) is 17.6. The second-order valence-electron chi connectivity index (χ2n) is 4.90. The molecular weight excluding hydrogens is 322 g/mol. The lowest BCUT2D eigenvalue weighted by Crippen LogP contribution is -2.33. The van der Waals surface area contributed by atoms with Crippen LogP contribution in [0, 0.1) is 0 Å². The lowest BCUT2D eigenvalue weighted by atomic mass is 10.2.